The topological polar surface area (TPSA) is 25.2 Å². The third-order valence-electron chi connectivity index (χ3n) is 2.96. The Morgan fingerprint density at radius 1 is 1.16 bits per heavy atom. The summed E-state index contributed by atoms with van der Waals surface area (Å²) in [5.41, 5.74) is 0.194. The Morgan fingerprint density at radius 2 is 1.84 bits per heavy atom. The lowest BCUT2D eigenvalue weighted by Crippen LogP contribution is -2.18. The summed E-state index contributed by atoms with van der Waals surface area (Å²) in [5, 5.41) is 3.08. The molecule has 1 atom stereocenters. The molecular formula is C14H14F3NO. The second-order valence-corrected chi connectivity index (χ2v) is 4.26. The van der Waals surface area contributed by atoms with Crippen LogP contribution in [0.3, 0.4) is 0 Å². The average molecular weight is 269 g/mol. The first-order valence-corrected chi connectivity index (χ1v) is 5.87. The molecule has 1 aromatic heterocycles. The van der Waals surface area contributed by atoms with Crippen LogP contribution >= 0.6 is 0 Å². The van der Waals surface area contributed by atoms with Crippen LogP contribution in [0.5, 0.6) is 0 Å². The first-order chi connectivity index (χ1) is 9.00. The molecule has 0 spiro atoms. The third kappa shape index (κ3) is 3.38. The van der Waals surface area contributed by atoms with Crippen molar-refractivity contribution in [2.24, 2.45) is 0 Å². The van der Waals surface area contributed by atoms with E-state index >= 15 is 0 Å². The van der Waals surface area contributed by atoms with Crippen LogP contribution in [0.1, 0.15) is 22.9 Å². The highest BCUT2D eigenvalue weighted by atomic mass is 19.4. The molecule has 0 radical (unpaired) electrons. The fourth-order valence-electron chi connectivity index (χ4n) is 1.90. The van der Waals surface area contributed by atoms with E-state index in [0.717, 1.165) is 23.5 Å². The Kier molecular flexibility index (Phi) is 3.95. The first kappa shape index (κ1) is 13.7. The van der Waals surface area contributed by atoms with Gasteiger partial charge in [-0.15, -0.1) is 0 Å². The van der Waals surface area contributed by atoms with Gasteiger partial charge in [-0.2, -0.15) is 13.2 Å². The van der Waals surface area contributed by atoms with E-state index in [1.165, 1.54) is 12.1 Å². The second kappa shape index (κ2) is 5.48. The summed E-state index contributed by atoms with van der Waals surface area (Å²) in [4.78, 5) is 0. The Hall–Kier alpha value is -1.75. The van der Waals surface area contributed by atoms with Gasteiger partial charge in [-0.1, -0.05) is 12.1 Å². The van der Waals surface area contributed by atoms with E-state index in [2.05, 4.69) is 5.32 Å². The fraction of sp³-hybridized carbons (Fsp3) is 0.286. The van der Waals surface area contributed by atoms with Crippen LogP contribution in [-0.4, -0.2) is 7.05 Å². The molecule has 5 heteroatoms. The number of rotatable bonds is 4. The Balaban J connectivity index is 2.11. The van der Waals surface area contributed by atoms with Crippen LogP contribution in [-0.2, 0) is 12.6 Å². The molecule has 2 aromatic rings. The maximum absolute atomic E-state index is 12.4. The molecule has 0 saturated carbocycles. The lowest BCUT2D eigenvalue weighted by Gasteiger charge is -2.14. The molecule has 0 saturated heterocycles. The van der Waals surface area contributed by atoms with Crippen molar-refractivity contribution in [1.29, 1.82) is 0 Å². The summed E-state index contributed by atoms with van der Waals surface area (Å²) in [6.45, 7) is 0. The van der Waals surface area contributed by atoms with Crippen LogP contribution in [0.4, 0.5) is 13.2 Å². The van der Waals surface area contributed by atoms with Gasteiger partial charge in [-0.3, -0.25) is 0 Å². The third-order valence-corrected chi connectivity index (χ3v) is 2.96. The van der Waals surface area contributed by atoms with Crippen molar-refractivity contribution < 1.29 is 17.6 Å². The number of furan rings is 1. The van der Waals surface area contributed by atoms with Crippen molar-refractivity contribution in [3.63, 3.8) is 0 Å². The maximum Gasteiger partial charge on any atom is 0.416 e. The normalized spacial score (nSPS) is 13.5. The van der Waals surface area contributed by atoms with Crippen molar-refractivity contribution >= 4 is 0 Å². The number of halogens is 3. The summed E-state index contributed by atoms with van der Waals surface area (Å²) in [7, 11) is 1.79. The van der Waals surface area contributed by atoms with Crippen molar-refractivity contribution in [2.75, 3.05) is 7.05 Å². The number of nitrogens with one attached hydrogen (secondary N) is 1. The van der Waals surface area contributed by atoms with Gasteiger partial charge in [0.05, 0.1) is 17.9 Å². The molecule has 19 heavy (non-hydrogen) atoms. The SMILES string of the molecule is CNC(Cc1ccc(C(F)(F)F)cc1)c1ccco1. The van der Waals surface area contributed by atoms with Gasteiger partial charge in [-0.05, 0) is 43.3 Å². The van der Waals surface area contributed by atoms with Gasteiger partial charge in [-0.25, -0.2) is 0 Å². The largest absolute Gasteiger partial charge is 0.468 e. The van der Waals surface area contributed by atoms with Gasteiger partial charge in [0.2, 0.25) is 0 Å². The number of likely N-dealkylation sites (N-methyl/N-ethyl adjacent to an activating group) is 1. The molecule has 2 nitrogen and oxygen atoms in total. The van der Waals surface area contributed by atoms with E-state index in [0.29, 0.717) is 6.42 Å². The van der Waals surface area contributed by atoms with E-state index in [-0.39, 0.29) is 6.04 Å². The van der Waals surface area contributed by atoms with E-state index in [4.69, 9.17) is 4.42 Å². The Morgan fingerprint density at radius 3 is 2.32 bits per heavy atom. The van der Waals surface area contributed by atoms with Crippen molar-refractivity contribution in [1.82, 2.24) is 5.32 Å². The van der Waals surface area contributed by atoms with Gasteiger partial charge in [0.25, 0.3) is 0 Å². The summed E-state index contributed by atoms with van der Waals surface area (Å²) >= 11 is 0. The van der Waals surface area contributed by atoms with Gasteiger partial charge in [0.15, 0.2) is 0 Å². The van der Waals surface area contributed by atoms with E-state index in [1.54, 1.807) is 19.4 Å². The smallest absolute Gasteiger partial charge is 0.416 e. The fourth-order valence-corrected chi connectivity index (χ4v) is 1.90. The Bertz CT molecular complexity index is 502. The standard InChI is InChI=1S/C14H14F3NO/c1-18-12(13-3-2-8-19-13)9-10-4-6-11(7-5-10)14(15,16)17/h2-8,12,18H,9H2,1H3. The lowest BCUT2D eigenvalue weighted by atomic mass is 10.0. The first-order valence-electron chi connectivity index (χ1n) is 5.87. The van der Waals surface area contributed by atoms with Crippen LogP contribution in [0.15, 0.2) is 47.1 Å². The molecule has 0 aliphatic carbocycles. The minimum Gasteiger partial charge on any atom is -0.468 e. The number of hydrogen-bond donors (Lipinski definition) is 1. The summed E-state index contributed by atoms with van der Waals surface area (Å²) in [5.74, 6) is 0.766. The minimum absolute atomic E-state index is 0.0493. The van der Waals surface area contributed by atoms with E-state index in [1.807, 2.05) is 6.07 Å². The van der Waals surface area contributed by atoms with Crippen molar-refractivity contribution in [2.45, 2.75) is 18.6 Å². The van der Waals surface area contributed by atoms with Crippen LogP contribution in [0.2, 0.25) is 0 Å². The molecule has 0 fully saturated rings. The minimum atomic E-state index is -4.29. The maximum atomic E-state index is 12.4. The molecule has 102 valence electrons. The molecular weight excluding hydrogens is 255 g/mol. The van der Waals surface area contributed by atoms with Crippen molar-refractivity contribution in [3.05, 3.63) is 59.5 Å². The molecule has 0 aliphatic heterocycles. The molecule has 0 aliphatic rings. The zero-order valence-corrected chi connectivity index (χ0v) is 10.4. The number of hydrogen-bond acceptors (Lipinski definition) is 2. The van der Waals surface area contributed by atoms with Crippen LogP contribution < -0.4 is 5.32 Å². The predicted octanol–water partition coefficient (Wildman–Crippen LogP) is 3.80. The summed E-state index contributed by atoms with van der Waals surface area (Å²) in [6.07, 6.45) is -2.14. The second-order valence-electron chi connectivity index (χ2n) is 4.26. The summed E-state index contributed by atoms with van der Waals surface area (Å²) < 4.78 is 42.6. The highest BCUT2D eigenvalue weighted by Crippen LogP contribution is 2.29. The zero-order valence-electron chi connectivity index (χ0n) is 10.4. The predicted molar refractivity (Wildman–Crippen MR) is 65.7 cm³/mol. The Labute approximate surface area is 109 Å². The van der Waals surface area contributed by atoms with Gasteiger partial charge in [0.1, 0.15) is 5.76 Å². The quantitative estimate of drug-likeness (QED) is 0.913. The molecule has 1 unspecified atom stereocenters. The molecule has 0 bridgehead atoms. The highest BCUT2D eigenvalue weighted by molar-refractivity contribution is 5.26. The lowest BCUT2D eigenvalue weighted by molar-refractivity contribution is -0.137. The average Bonchev–Trinajstić information content (AvgIpc) is 2.89. The van der Waals surface area contributed by atoms with E-state index in [9.17, 15) is 13.2 Å². The summed E-state index contributed by atoms with van der Waals surface area (Å²) in [6, 6.07) is 8.77. The monoisotopic (exact) mass is 269 g/mol. The molecule has 0 amide bonds. The number of alkyl halides is 3. The highest BCUT2D eigenvalue weighted by Gasteiger charge is 2.30. The molecule has 1 aromatic carbocycles. The molecule has 1 heterocycles. The van der Waals surface area contributed by atoms with Gasteiger partial charge in [0, 0.05) is 0 Å². The van der Waals surface area contributed by atoms with Gasteiger partial charge < -0.3 is 9.73 Å². The van der Waals surface area contributed by atoms with E-state index < -0.39 is 11.7 Å². The van der Waals surface area contributed by atoms with Crippen LogP contribution in [0.25, 0.3) is 0 Å². The van der Waals surface area contributed by atoms with Crippen molar-refractivity contribution in [3.8, 4) is 0 Å². The van der Waals surface area contributed by atoms with Crippen LogP contribution in [0, 0.1) is 0 Å². The molecule has 2 rings (SSSR count). The number of benzene rings is 1. The molecule has 1 N–H and O–H groups in total. The van der Waals surface area contributed by atoms with Gasteiger partial charge >= 0.3 is 6.18 Å². The zero-order chi connectivity index (χ0) is 13.9.